The minimum atomic E-state index is 0.0220. The van der Waals surface area contributed by atoms with Gasteiger partial charge in [0.2, 0.25) is 5.91 Å². The van der Waals surface area contributed by atoms with Gasteiger partial charge < -0.3 is 19.7 Å². The van der Waals surface area contributed by atoms with Gasteiger partial charge in [-0.05, 0) is 38.1 Å². The first kappa shape index (κ1) is 23.8. The molecule has 1 N–H and O–H groups in total. The van der Waals surface area contributed by atoms with Crippen LogP contribution in [-0.2, 0) is 4.79 Å². The molecule has 0 atom stereocenters. The lowest BCUT2D eigenvalue weighted by Gasteiger charge is -2.35. The zero-order valence-electron chi connectivity index (χ0n) is 19.6. The first-order valence-corrected chi connectivity index (χ1v) is 11.4. The first-order valence-electron chi connectivity index (χ1n) is 11.4. The number of hydrogen-bond acceptors (Lipinski definition) is 7. The van der Waals surface area contributed by atoms with Crippen LogP contribution >= 0.6 is 0 Å². The molecule has 0 unspecified atom stereocenters. The largest absolute Gasteiger partial charge is 0.494 e. The zero-order chi connectivity index (χ0) is 22.9. The second kappa shape index (κ2) is 11.7. The van der Waals surface area contributed by atoms with Crippen LogP contribution < -0.4 is 19.7 Å². The highest BCUT2D eigenvalue weighted by molar-refractivity contribution is 5.78. The minimum absolute atomic E-state index is 0.0220. The lowest BCUT2D eigenvalue weighted by atomic mass is 10.2. The number of nitrogens with zero attached hydrogens (tertiary/aromatic N) is 4. The fraction of sp³-hybridized carbons (Fsp3) is 0.542. The number of rotatable bonds is 10. The summed E-state index contributed by atoms with van der Waals surface area (Å²) in [6.45, 7) is 13.5. The monoisotopic (exact) mass is 441 g/mol. The van der Waals surface area contributed by atoms with Crippen molar-refractivity contribution in [1.29, 1.82) is 0 Å². The van der Waals surface area contributed by atoms with Crippen molar-refractivity contribution in [1.82, 2.24) is 20.2 Å². The average molecular weight is 442 g/mol. The lowest BCUT2D eigenvalue weighted by Crippen LogP contribution is -2.50. The molecule has 8 heteroatoms. The number of benzene rings is 1. The zero-order valence-corrected chi connectivity index (χ0v) is 19.6. The topological polar surface area (TPSA) is 79.8 Å². The molecule has 8 nitrogen and oxygen atoms in total. The van der Waals surface area contributed by atoms with E-state index in [2.05, 4.69) is 33.9 Å². The molecular formula is C24H35N5O3. The van der Waals surface area contributed by atoms with Crippen LogP contribution in [0.5, 0.6) is 11.5 Å². The molecule has 0 saturated carbocycles. The number of carbonyl (C=O) groups is 1. The predicted molar refractivity (Wildman–Crippen MR) is 126 cm³/mol. The summed E-state index contributed by atoms with van der Waals surface area (Å²) in [7, 11) is 0. The van der Waals surface area contributed by atoms with E-state index in [9.17, 15) is 4.79 Å². The average Bonchev–Trinajstić information content (AvgIpc) is 2.78. The molecule has 1 aliphatic rings. The van der Waals surface area contributed by atoms with Crippen LogP contribution in [0.2, 0.25) is 0 Å². The summed E-state index contributed by atoms with van der Waals surface area (Å²) >= 11 is 0. The van der Waals surface area contributed by atoms with Gasteiger partial charge in [0.25, 0.3) is 0 Å². The number of hydrogen-bond donors (Lipinski definition) is 1. The van der Waals surface area contributed by atoms with Crippen molar-refractivity contribution in [2.45, 2.75) is 33.6 Å². The minimum Gasteiger partial charge on any atom is -0.494 e. The molecule has 1 aromatic heterocycles. The molecule has 1 saturated heterocycles. The highest BCUT2D eigenvalue weighted by atomic mass is 16.5. The van der Waals surface area contributed by atoms with E-state index in [0.717, 1.165) is 55.0 Å². The van der Waals surface area contributed by atoms with Crippen molar-refractivity contribution >= 4 is 11.7 Å². The SMILES string of the molecule is CCOc1ccc(OCCNC(=O)CN2CCN(c3cc(C)nc(C(C)C)n3)CC2)cc1. The van der Waals surface area contributed by atoms with Gasteiger partial charge in [-0.3, -0.25) is 9.69 Å². The van der Waals surface area contributed by atoms with Crippen molar-refractivity contribution in [3.8, 4) is 11.5 Å². The molecule has 1 aliphatic heterocycles. The Kier molecular flexibility index (Phi) is 8.67. The van der Waals surface area contributed by atoms with E-state index in [0.29, 0.717) is 32.2 Å². The van der Waals surface area contributed by atoms with Crippen LogP contribution in [-0.4, -0.2) is 73.3 Å². The number of aromatic nitrogens is 2. The summed E-state index contributed by atoms with van der Waals surface area (Å²) < 4.78 is 11.1. The number of piperazine rings is 1. The van der Waals surface area contributed by atoms with Gasteiger partial charge in [-0.1, -0.05) is 13.8 Å². The quantitative estimate of drug-likeness (QED) is 0.568. The highest BCUT2D eigenvalue weighted by Gasteiger charge is 2.21. The third kappa shape index (κ3) is 7.09. The van der Waals surface area contributed by atoms with Crippen molar-refractivity contribution in [3.05, 3.63) is 41.9 Å². The van der Waals surface area contributed by atoms with Gasteiger partial charge in [0, 0.05) is 43.9 Å². The predicted octanol–water partition coefficient (Wildman–Crippen LogP) is 2.62. The normalized spacial score (nSPS) is 14.5. The summed E-state index contributed by atoms with van der Waals surface area (Å²) in [4.78, 5) is 26.0. The maximum absolute atomic E-state index is 12.3. The van der Waals surface area contributed by atoms with Crippen molar-refractivity contribution in [3.63, 3.8) is 0 Å². The third-order valence-corrected chi connectivity index (χ3v) is 5.27. The Morgan fingerprint density at radius 3 is 2.34 bits per heavy atom. The van der Waals surface area contributed by atoms with Gasteiger partial charge >= 0.3 is 0 Å². The Labute approximate surface area is 190 Å². The van der Waals surface area contributed by atoms with E-state index in [1.807, 2.05) is 44.2 Å². The van der Waals surface area contributed by atoms with Crippen LogP contribution in [0, 0.1) is 6.92 Å². The fourth-order valence-corrected chi connectivity index (χ4v) is 3.55. The highest BCUT2D eigenvalue weighted by Crippen LogP contribution is 2.19. The maximum atomic E-state index is 12.3. The molecule has 0 spiro atoms. The number of amides is 1. The van der Waals surface area contributed by atoms with Crippen LogP contribution in [0.3, 0.4) is 0 Å². The van der Waals surface area contributed by atoms with Crippen LogP contribution in [0.15, 0.2) is 30.3 Å². The summed E-state index contributed by atoms with van der Waals surface area (Å²) in [5.41, 5.74) is 0.993. The Hall–Kier alpha value is -2.87. The molecule has 174 valence electrons. The number of carbonyl (C=O) groups excluding carboxylic acids is 1. The second-order valence-electron chi connectivity index (χ2n) is 8.25. The summed E-state index contributed by atoms with van der Waals surface area (Å²) in [5.74, 6) is 3.78. The molecule has 1 fully saturated rings. The third-order valence-electron chi connectivity index (χ3n) is 5.27. The van der Waals surface area contributed by atoms with E-state index in [4.69, 9.17) is 14.5 Å². The van der Waals surface area contributed by atoms with E-state index in [-0.39, 0.29) is 5.91 Å². The molecule has 0 radical (unpaired) electrons. The van der Waals surface area contributed by atoms with Gasteiger partial charge in [0.1, 0.15) is 29.7 Å². The molecule has 0 bridgehead atoms. The van der Waals surface area contributed by atoms with E-state index < -0.39 is 0 Å². The Morgan fingerprint density at radius 2 is 1.72 bits per heavy atom. The molecule has 0 aliphatic carbocycles. The Morgan fingerprint density at radius 1 is 1.06 bits per heavy atom. The fourth-order valence-electron chi connectivity index (χ4n) is 3.55. The number of anilines is 1. The number of aryl methyl sites for hydroxylation is 1. The van der Waals surface area contributed by atoms with Gasteiger partial charge in [-0.15, -0.1) is 0 Å². The smallest absolute Gasteiger partial charge is 0.234 e. The standard InChI is InChI=1S/C24H35N5O3/c1-5-31-20-6-8-21(9-7-20)32-15-10-25-23(30)17-28-11-13-29(14-12-28)22-16-19(4)26-24(27-22)18(2)3/h6-9,16,18H,5,10-15,17H2,1-4H3,(H,25,30). The molecule has 1 aromatic carbocycles. The van der Waals surface area contributed by atoms with Gasteiger partial charge in [-0.25, -0.2) is 9.97 Å². The molecule has 32 heavy (non-hydrogen) atoms. The van der Waals surface area contributed by atoms with Gasteiger partial charge in [0.05, 0.1) is 19.7 Å². The van der Waals surface area contributed by atoms with Crippen molar-refractivity contribution in [2.75, 3.05) is 57.4 Å². The lowest BCUT2D eigenvalue weighted by molar-refractivity contribution is -0.122. The van der Waals surface area contributed by atoms with Crippen LogP contribution in [0.25, 0.3) is 0 Å². The Balaban J connectivity index is 1.35. The number of ether oxygens (including phenoxy) is 2. The van der Waals surface area contributed by atoms with Crippen molar-refractivity contribution < 1.29 is 14.3 Å². The van der Waals surface area contributed by atoms with E-state index >= 15 is 0 Å². The van der Waals surface area contributed by atoms with Gasteiger partial charge in [0.15, 0.2) is 0 Å². The maximum Gasteiger partial charge on any atom is 0.234 e. The van der Waals surface area contributed by atoms with Crippen LogP contribution in [0.4, 0.5) is 5.82 Å². The molecule has 2 heterocycles. The first-order chi connectivity index (χ1) is 15.4. The molecule has 2 aromatic rings. The Bertz CT molecular complexity index is 864. The van der Waals surface area contributed by atoms with Crippen LogP contribution in [0.1, 0.15) is 38.2 Å². The van der Waals surface area contributed by atoms with E-state index in [1.165, 1.54) is 0 Å². The summed E-state index contributed by atoms with van der Waals surface area (Å²) in [6, 6.07) is 9.54. The van der Waals surface area contributed by atoms with Crippen molar-refractivity contribution in [2.24, 2.45) is 0 Å². The molecule has 1 amide bonds. The summed E-state index contributed by atoms with van der Waals surface area (Å²) in [5, 5.41) is 2.94. The second-order valence-corrected chi connectivity index (χ2v) is 8.25. The molecular weight excluding hydrogens is 406 g/mol. The molecule has 3 rings (SSSR count). The van der Waals surface area contributed by atoms with E-state index in [1.54, 1.807) is 0 Å². The number of nitrogens with one attached hydrogen (secondary N) is 1. The van der Waals surface area contributed by atoms with Gasteiger partial charge in [-0.2, -0.15) is 0 Å². The summed E-state index contributed by atoms with van der Waals surface area (Å²) in [6.07, 6.45) is 0.